The number of nitrogens with one attached hydrogen (secondary N) is 1. The molecule has 0 atom stereocenters. The Morgan fingerprint density at radius 2 is 1.67 bits per heavy atom. The topological polar surface area (TPSA) is 111 Å². The minimum absolute atomic E-state index is 0.0419. The van der Waals surface area contributed by atoms with Gasteiger partial charge in [-0.1, -0.05) is 18.2 Å². The number of fused-ring (bicyclic) bond motifs is 1. The number of hydrogen-bond acceptors (Lipinski definition) is 6. The summed E-state index contributed by atoms with van der Waals surface area (Å²) in [6.07, 6.45) is -6.23. The third-order valence-corrected chi connectivity index (χ3v) is 6.40. The van der Waals surface area contributed by atoms with Gasteiger partial charge in [0, 0.05) is 22.9 Å². The summed E-state index contributed by atoms with van der Waals surface area (Å²) in [7, 11) is 0. The second-order valence-corrected chi connectivity index (χ2v) is 9.53. The molecule has 0 aromatic heterocycles. The Labute approximate surface area is 236 Å². The number of hydrogen-bond donors (Lipinski definition) is 3. The molecule has 0 aliphatic carbocycles. The first-order chi connectivity index (χ1) is 19.8. The minimum atomic E-state index is -4.67. The Bertz CT molecular complexity index is 1770. The number of halogens is 4. The van der Waals surface area contributed by atoms with E-state index >= 15 is 0 Å². The molecule has 0 spiro atoms. The molecule has 1 aliphatic rings. The minimum Gasteiger partial charge on any atom is -0.505 e. The fourth-order valence-corrected chi connectivity index (χ4v) is 4.72. The zero-order valence-electron chi connectivity index (χ0n) is 22.0. The molecule has 1 heterocycles. The number of phenolic OH excluding ortho intramolecular Hbond substituents is 1. The maximum Gasteiger partial charge on any atom is 0.511 e. The summed E-state index contributed by atoms with van der Waals surface area (Å²) in [5, 5.41) is 23.9. The average molecular weight is 580 g/mol. The van der Waals surface area contributed by atoms with Gasteiger partial charge in [-0.15, -0.1) is 0 Å². The number of ether oxygens (including phenoxy) is 1. The highest BCUT2D eigenvalue weighted by Gasteiger charge is 2.39. The lowest BCUT2D eigenvalue weighted by Gasteiger charge is -2.19. The predicted octanol–water partition coefficient (Wildman–Crippen LogP) is 7.39. The molecule has 0 unspecified atom stereocenters. The van der Waals surface area contributed by atoms with Crippen LogP contribution in [0.3, 0.4) is 0 Å². The highest BCUT2D eigenvalue weighted by atomic mass is 19.4. The van der Waals surface area contributed by atoms with Crippen LogP contribution >= 0.6 is 0 Å². The van der Waals surface area contributed by atoms with Crippen LogP contribution < -0.4 is 15.1 Å². The third kappa shape index (κ3) is 5.46. The smallest absolute Gasteiger partial charge is 0.505 e. The van der Waals surface area contributed by atoms with E-state index in [2.05, 4.69) is 15.3 Å². The third-order valence-electron chi connectivity index (χ3n) is 6.40. The van der Waals surface area contributed by atoms with Crippen molar-refractivity contribution in [3.8, 4) is 22.6 Å². The van der Waals surface area contributed by atoms with Gasteiger partial charge in [0.05, 0.1) is 11.3 Å². The predicted molar refractivity (Wildman–Crippen MR) is 147 cm³/mol. The van der Waals surface area contributed by atoms with Crippen LogP contribution in [0.5, 0.6) is 11.5 Å². The van der Waals surface area contributed by atoms with E-state index in [0.717, 1.165) is 46.4 Å². The van der Waals surface area contributed by atoms with E-state index in [-0.39, 0.29) is 39.5 Å². The largest absolute Gasteiger partial charge is 0.511 e. The van der Waals surface area contributed by atoms with E-state index in [1.54, 1.807) is 26.0 Å². The number of anilines is 3. The van der Waals surface area contributed by atoms with Crippen LogP contribution in [0.2, 0.25) is 0 Å². The average Bonchev–Trinajstić information content (AvgIpc) is 3.18. The number of phenols is 1. The van der Waals surface area contributed by atoms with Crippen LogP contribution in [0.15, 0.2) is 77.9 Å². The molecule has 0 saturated carbocycles. The number of carbonyl (C=O) groups excluding carboxylic acids is 1. The van der Waals surface area contributed by atoms with Gasteiger partial charge in [0.15, 0.2) is 5.71 Å². The van der Waals surface area contributed by atoms with Gasteiger partial charge in [0.2, 0.25) is 0 Å². The van der Waals surface area contributed by atoms with E-state index in [1.165, 1.54) is 24.3 Å². The first-order valence-corrected chi connectivity index (χ1v) is 12.3. The summed E-state index contributed by atoms with van der Waals surface area (Å²) in [5.41, 5.74) is 3.11. The van der Waals surface area contributed by atoms with E-state index in [1.807, 2.05) is 6.07 Å². The lowest BCUT2D eigenvalue weighted by Crippen LogP contribution is -2.26. The SMILES string of the molecule is Cc1cc(C)cc(N2C(=O)C(=NNc3cc(F)cc(-c4cccc(OC(=O)O)c4)c3O)c3ccc(C(F)(F)F)cc32)c1. The first-order valence-electron chi connectivity index (χ1n) is 12.3. The molecule has 0 saturated heterocycles. The van der Waals surface area contributed by atoms with Crippen LogP contribution in [0.1, 0.15) is 22.3 Å². The number of hydrazone groups is 1. The van der Waals surface area contributed by atoms with Gasteiger partial charge in [0.25, 0.3) is 5.91 Å². The Morgan fingerprint density at radius 1 is 0.952 bits per heavy atom. The van der Waals surface area contributed by atoms with Crippen LogP contribution in [-0.2, 0) is 11.0 Å². The highest BCUT2D eigenvalue weighted by molar-refractivity contribution is 6.55. The molecule has 0 radical (unpaired) electrons. The zero-order valence-corrected chi connectivity index (χ0v) is 22.0. The maximum absolute atomic E-state index is 14.6. The summed E-state index contributed by atoms with van der Waals surface area (Å²) >= 11 is 0. The molecule has 1 amide bonds. The normalized spacial score (nSPS) is 13.8. The van der Waals surface area contributed by atoms with Gasteiger partial charge in [-0.05, 0) is 79.1 Å². The number of benzene rings is 4. The molecule has 4 aromatic rings. The second kappa shape index (κ2) is 10.5. The second-order valence-electron chi connectivity index (χ2n) is 9.53. The van der Waals surface area contributed by atoms with Crippen molar-refractivity contribution in [1.29, 1.82) is 0 Å². The van der Waals surface area contributed by atoms with Gasteiger partial charge < -0.3 is 14.9 Å². The summed E-state index contributed by atoms with van der Waals surface area (Å²) in [4.78, 5) is 25.6. The van der Waals surface area contributed by atoms with Gasteiger partial charge in [-0.3, -0.25) is 15.1 Å². The quantitative estimate of drug-likeness (QED) is 0.0748. The number of rotatable bonds is 5. The molecule has 42 heavy (non-hydrogen) atoms. The molecule has 12 heteroatoms. The number of carboxylic acid groups (broad SMARTS) is 1. The van der Waals surface area contributed by atoms with Crippen LogP contribution in [0, 0.1) is 19.7 Å². The van der Waals surface area contributed by atoms with E-state index in [9.17, 15) is 32.3 Å². The summed E-state index contributed by atoms with van der Waals surface area (Å²) in [6.45, 7) is 3.57. The van der Waals surface area contributed by atoms with Crippen molar-refractivity contribution in [3.05, 3.63) is 101 Å². The molecular formula is C30H21F4N3O5. The van der Waals surface area contributed by atoms with Crippen molar-refractivity contribution < 1.29 is 42.1 Å². The van der Waals surface area contributed by atoms with Gasteiger partial charge in [0.1, 0.15) is 23.0 Å². The van der Waals surface area contributed by atoms with Crippen molar-refractivity contribution in [2.75, 3.05) is 10.3 Å². The van der Waals surface area contributed by atoms with E-state index in [4.69, 9.17) is 5.11 Å². The number of alkyl halides is 3. The number of carbonyl (C=O) groups is 2. The molecule has 0 bridgehead atoms. The van der Waals surface area contributed by atoms with Crippen LogP contribution in [-0.4, -0.2) is 28.0 Å². The summed E-state index contributed by atoms with van der Waals surface area (Å²) in [5.74, 6) is -2.11. The molecule has 4 aromatic carbocycles. The molecule has 0 fully saturated rings. The molecule has 5 rings (SSSR count). The molecule has 3 N–H and O–H groups in total. The van der Waals surface area contributed by atoms with Crippen LogP contribution in [0.4, 0.5) is 39.4 Å². The maximum atomic E-state index is 14.6. The fraction of sp³-hybridized carbons (Fsp3) is 0.100. The van der Waals surface area contributed by atoms with Crippen molar-refractivity contribution in [2.45, 2.75) is 20.0 Å². The number of amides is 1. The highest BCUT2D eigenvalue weighted by Crippen LogP contribution is 2.42. The number of aromatic hydroxyl groups is 1. The Kier molecular flexibility index (Phi) is 7.07. The van der Waals surface area contributed by atoms with Crippen molar-refractivity contribution in [3.63, 3.8) is 0 Å². The van der Waals surface area contributed by atoms with E-state index < -0.39 is 35.4 Å². The lowest BCUT2D eigenvalue weighted by molar-refractivity contribution is -0.137. The monoisotopic (exact) mass is 579 g/mol. The van der Waals surface area contributed by atoms with Crippen molar-refractivity contribution in [2.24, 2.45) is 5.10 Å². The number of nitrogens with zero attached hydrogens (tertiary/aromatic N) is 2. The van der Waals surface area contributed by atoms with Crippen molar-refractivity contribution >= 4 is 34.8 Å². The van der Waals surface area contributed by atoms with Crippen LogP contribution in [0.25, 0.3) is 11.1 Å². The Morgan fingerprint density at radius 3 is 2.33 bits per heavy atom. The number of aryl methyl sites for hydroxylation is 2. The van der Waals surface area contributed by atoms with Gasteiger partial charge in [-0.25, -0.2) is 9.18 Å². The Hall–Kier alpha value is -5.39. The van der Waals surface area contributed by atoms with E-state index in [0.29, 0.717) is 5.69 Å². The first kappa shape index (κ1) is 28.1. The van der Waals surface area contributed by atoms with Gasteiger partial charge >= 0.3 is 12.3 Å². The lowest BCUT2D eigenvalue weighted by atomic mass is 10.0. The molecule has 1 aliphatic heterocycles. The Balaban J connectivity index is 1.58. The summed E-state index contributed by atoms with van der Waals surface area (Å²) in [6, 6.07) is 15.4. The van der Waals surface area contributed by atoms with Crippen molar-refractivity contribution in [1.82, 2.24) is 0 Å². The molecular weight excluding hydrogens is 558 g/mol. The zero-order chi connectivity index (χ0) is 30.3. The standard InChI is InChI=1S/C30H21F4N3O5/c1-15-8-16(2)10-20(9-15)37-25-12-18(30(32,33)34)6-7-22(25)26(28(37)39)36-35-24-14-19(31)13-23(27(24)38)17-4-3-5-21(11-17)42-29(40)41/h3-14,35,38H,1-2H3,(H,40,41). The summed E-state index contributed by atoms with van der Waals surface area (Å²) < 4.78 is 60.0. The fourth-order valence-electron chi connectivity index (χ4n) is 4.72. The van der Waals surface area contributed by atoms with Gasteiger partial charge in [-0.2, -0.15) is 18.3 Å². The molecule has 214 valence electrons. The molecule has 8 nitrogen and oxygen atoms in total.